The van der Waals surface area contributed by atoms with Gasteiger partial charge >= 0.3 is 0 Å². The minimum atomic E-state index is -0.0820. The molecule has 0 saturated carbocycles. The first-order valence-corrected chi connectivity index (χ1v) is 6.59. The van der Waals surface area contributed by atoms with Gasteiger partial charge in [0.1, 0.15) is 5.75 Å². The summed E-state index contributed by atoms with van der Waals surface area (Å²) in [4.78, 5) is 20.8. The van der Waals surface area contributed by atoms with Gasteiger partial charge in [-0.25, -0.2) is 4.98 Å². The van der Waals surface area contributed by atoms with E-state index in [2.05, 4.69) is 9.97 Å². The van der Waals surface area contributed by atoms with Crippen LogP contribution in [0.5, 0.6) is 11.6 Å². The third kappa shape index (κ3) is 3.02. The van der Waals surface area contributed by atoms with E-state index in [-0.39, 0.29) is 12.2 Å². The lowest BCUT2D eigenvalue weighted by molar-refractivity contribution is 0.0988. The Hall–Kier alpha value is -2.43. The molecular formula is C16H18N2O3. The van der Waals surface area contributed by atoms with E-state index in [4.69, 9.17) is 9.47 Å². The molecule has 0 aliphatic carbocycles. The summed E-state index contributed by atoms with van der Waals surface area (Å²) in [6, 6.07) is 3.42. The third-order valence-corrected chi connectivity index (χ3v) is 3.34. The minimum Gasteiger partial charge on any atom is -0.496 e. The lowest BCUT2D eigenvalue weighted by atomic mass is 10.0. The van der Waals surface area contributed by atoms with Crippen LogP contribution in [0.15, 0.2) is 24.5 Å². The zero-order valence-corrected chi connectivity index (χ0v) is 12.6. The van der Waals surface area contributed by atoms with E-state index in [1.165, 1.54) is 7.11 Å². The van der Waals surface area contributed by atoms with Crippen molar-refractivity contribution in [2.24, 2.45) is 0 Å². The normalized spacial score (nSPS) is 10.3. The molecule has 110 valence electrons. The molecule has 0 bridgehead atoms. The Labute approximate surface area is 124 Å². The van der Waals surface area contributed by atoms with Crippen LogP contribution in [0.3, 0.4) is 0 Å². The van der Waals surface area contributed by atoms with Gasteiger partial charge in [-0.2, -0.15) is 0 Å². The predicted molar refractivity (Wildman–Crippen MR) is 79.1 cm³/mol. The lowest BCUT2D eigenvalue weighted by Crippen LogP contribution is -2.10. The van der Waals surface area contributed by atoms with Crippen molar-refractivity contribution in [3.8, 4) is 11.6 Å². The van der Waals surface area contributed by atoms with Crippen LogP contribution in [0.2, 0.25) is 0 Å². The fourth-order valence-electron chi connectivity index (χ4n) is 2.26. The first-order valence-electron chi connectivity index (χ1n) is 6.59. The van der Waals surface area contributed by atoms with Crippen LogP contribution in [0, 0.1) is 13.8 Å². The van der Waals surface area contributed by atoms with Crippen LogP contribution in [0.4, 0.5) is 0 Å². The highest BCUT2D eigenvalue weighted by molar-refractivity contribution is 5.99. The van der Waals surface area contributed by atoms with Gasteiger partial charge < -0.3 is 9.47 Å². The van der Waals surface area contributed by atoms with E-state index in [0.717, 1.165) is 16.9 Å². The summed E-state index contributed by atoms with van der Waals surface area (Å²) in [6.45, 7) is 3.83. The molecule has 0 saturated heterocycles. The molecule has 2 rings (SSSR count). The molecule has 0 unspecified atom stereocenters. The van der Waals surface area contributed by atoms with Crippen LogP contribution in [0.1, 0.15) is 27.2 Å². The fourth-order valence-corrected chi connectivity index (χ4v) is 2.26. The summed E-state index contributed by atoms with van der Waals surface area (Å²) in [5.74, 6) is 1.02. The molecule has 0 N–H and O–H groups in total. The van der Waals surface area contributed by atoms with Gasteiger partial charge in [0.2, 0.25) is 5.88 Å². The van der Waals surface area contributed by atoms with Gasteiger partial charge in [0, 0.05) is 23.5 Å². The van der Waals surface area contributed by atoms with E-state index in [9.17, 15) is 4.79 Å². The number of rotatable bonds is 5. The molecule has 0 aromatic carbocycles. The van der Waals surface area contributed by atoms with E-state index in [1.807, 2.05) is 13.8 Å². The van der Waals surface area contributed by atoms with Crippen molar-refractivity contribution in [1.29, 1.82) is 0 Å². The van der Waals surface area contributed by atoms with Crippen molar-refractivity contribution in [3.05, 3.63) is 46.9 Å². The fraction of sp³-hybridized carbons (Fsp3) is 0.312. The number of aryl methyl sites for hydroxylation is 1. The standard InChI is InChI=1S/C16H18N2O3/c1-10-9-18-13(11(2)15(10)20-3)8-14(19)12-6-5-7-17-16(12)21-4/h5-7,9H,8H2,1-4H3. The molecule has 0 amide bonds. The average molecular weight is 286 g/mol. The van der Waals surface area contributed by atoms with E-state index < -0.39 is 0 Å². The summed E-state index contributed by atoms with van der Waals surface area (Å²) >= 11 is 0. The molecule has 5 heteroatoms. The number of ether oxygens (including phenoxy) is 2. The Kier molecular flexibility index (Phi) is 4.52. The van der Waals surface area contributed by atoms with Gasteiger partial charge in [-0.15, -0.1) is 0 Å². The first kappa shape index (κ1) is 15.0. The van der Waals surface area contributed by atoms with Gasteiger partial charge in [-0.3, -0.25) is 9.78 Å². The highest BCUT2D eigenvalue weighted by Crippen LogP contribution is 2.25. The quantitative estimate of drug-likeness (QED) is 0.790. The maximum atomic E-state index is 12.4. The van der Waals surface area contributed by atoms with Crippen molar-refractivity contribution in [2.45, 2.75) is 20.3 Å². The summed E-state index contributed by atoms with van der Waals surface area (Å²) in [5.41, 5.74) is 2.99. The largest absolute Gasteiger partial charge is 0.496 e. The Balaban J connectivity index is 2.32. The number of pyridine rings is 2. The van der Waals surface area contributed by atoms with Crippen LogP contribution in [0.25, 0.3) is 0 Å². The zero-order valence-electron chi connectivity index (χ0n) is 12.6. The van der Waals surface area contributed by atoms with Crippen LogP contribution in [-0.4, -0.2) is 30.0 Å². The third-order valence-electron chi connectivity index (χ3n) is 3.34. The Morgan fingerprint density at radius 1 is 1.19 bits per heavy atom. The minimum absolute atomic E-state index is 0.0820. The van der Waals surface area contributed by atoms with Crippen molar-refractivity contribution in [3.63, 3.8) is 0 Å². The molecular weight excluding hydrogens is 268 g/mol. The molecule has 0 aliphatic heterocycles. The molecule has 0 fully saturated rings. The number of ketones is 1. The number of methoxy groups -OCH3 is 2. The van der Waals surface area contributed by atoms with Gasteiger partial charge in [0.25, 0.3) is 0 Å². The number of hydrogen-bond acceptors (Lipinski definition) is 5. The molecule has 5 nitrogen and oxygen atoms in total. The van der Waals surface area contributed by atoms with Crippen molar-refractivity contribution < 1.29 is 14.3 Å². The van der Waals surface area contributed by atoms with Crippen molar-refractivity contribution in [1.82, 2.24) is 9.97 Å². The number of aromatic nitrogens is 2. The summed E-state index contributed by atoms with van der Waals surface area (Å²) in [6.07, 6.45) is 3.49. The van der Waals surface area contributed by atoms with Gasteiger partial charge in [-0.05, 0) is 26.0 Å². The predicted octanol–water partition coefficient (Wildman–Crippen LogP) is 2.54. The van der Waals surface area contributed by atoms with Gasteiger partial charge in [-0.1, -0.05) is 0 Å². The Bertz CT molecular complexity index is 669. The number of carbonyl (C=O) groups is 1. The summed E-state index contributed by atoms with van der Waals surface area (Å²) < 4.78 is 10.5. The molecule has 0 radical (unpaired) electrons. The average Bonchev–Trinajstić information content (AvgIpc) is 2.50. The van der Waals surface area contributed by atoms with Gasteiger partial charge in [0.05, 0.1) is 31.9 Å². The number of carbonyl (C=O) groups excluding carboxylic acids is 1. The highest BCUT2D eigenvalue weighted by Gasteiger charge is 2.17. The maximum absolute atomic E-state index is 12.4. The van der Waals surface area contributed by atoms with Crippen molar-refractivity contribution >= 4 is 5.78 Å². The number of Topliss-reactive ketones (excluding diaryl/α,β-unsaturated/α-hetero) is 1. The second-order valence-corrected chi connectivity index (χ2v) is 4.71. The lowest BCUT2D eigenvalue weighted by Gasteiger charge is -2.12. The van der Waals surface area contributed by atoms with Crippen LogP contribution in [-0.2, 0) is 6.42 Å². The topological polar surface area (TPSA) is 61.3 Å². The summed E-state index contributed by atoms with van der Waals surface area (Å²) in [7, 11) is 3.11. The molecule has 2 heterocycles. The summed E-state index contributed by atoms with van der Waals surface area (Å²) in [5, 5.41) is 0. The van der Waals surface area contributed by atoms with Gasteiger partial charge in [0.15, 0.2) is 5.78 Å². The SMILES string of the molecule is COc1ncccc1C(=O)Cc1ncc(C)c(OC)c1C. The monoisotopic (exact) mass is 286 g/mol. The second kappa shape index (κ2) is 6.35. The number of nitrogens with zero attached hydrogens (tertiary/aromatic N) is 2. The van der Waals surface area contributed by atoms with E-state index in [0.29, 0.717) is 17.1 Å². The molecule has 0 spiro atoms. The Morgan fingerprint density at radius 2 is 1.95 bits per heavy atom. The molecule has 2 aromatic rings. The van der Waals surface area contributed by atoms with Crippen molar-refractivity contribution in [2.75, 3.05) is 14.2 Å². The maximum Gasteiger partial charge on any atom is 0.224 e. The zero-order chi connectivity index (χ0) is 15.4. The number of hydrogen-bond donors (Lipinski definition) is 0. The molecule has 2 aromatic heterocycles. The Morgan fingerprint density at radius 3 is 2.62 bits per heavy atom. The van der Waals surface area contributed by atoms with Crippen LogP contribution < -0.4 is 9.47 Å². The second-order valence-electron chi connectivity index (χ2n) is 4.71. The highest BCUT2D eigenvalue weighted by atomic mass is 16.5. The molecule has 0 aliphatic rings. The van der Waals surface area contributed by atoms with E-state index >= 15 is 0 Å². The van der Waals surface area contributed by atoms with Crippen LogP contribution >= 0.6 is 0 Å². The van der Waals surface area contributed by atoms with E-state index in [1.54, 1.807) is 31.6 Å². The molecule has 0 atom stereocenters. The molecule has 21 heavy (non-hydrogen) atoms. The smallest absolute Gasteiger partial charge is 0.224 e. The first-order chi connectivity index (χ1) is 10.1.